The second-order valence-electron chi connectivity index (χ2n) is 8.92. The predicted molar refractivity (Wildman–Crippen MR) is 125 cm³/mol. The van der Waals surface area contributed by atoms with Crippen molar-refractivity contribution in [2.45, 2.75) is 37.0 Å². The van der Waals surface area contributed by atoms with Gasteiger partial charge in [-0.1, -0.05) is 48.5 Å². The van der Waals surface area contributed by atoms with Gasteiger partial charge in [0.15, 0.2) is 0 Å². The molecule has 31 heavy (non-hydrogen) atoms. The van der Waals surface area contributed by atoms with Crippen LogP contribution in [0.3, 0.4) is 0 Å². The Morgan fingerprint density at radius 1 is 1.03 bits per heavy atom. The molecule has 3 aliphatic carbocycles. The third-order valence-electron chi connectivity index (χ3n) is 7.47. The van der Waals surface area contributed by atoms with Crippen molar-refractivity contribution >= 4 is 23.6 Å². The summed E-state index contributed by atoms with van der Waals surface area (Å²) in [5, 5.41) is 0. The van der Waals surface area contributed by atoms with E-state index in [2.05, 4.69) is 48.5 Å². The van der Waals surface area contributed by atoms with Gasteiger partial charge in [0, 0.05) is 32.0 Å². The first-order valence-electron chi connectivity index (χ1n) is 11.0. The smallest absolute Gasteiger partial charge is 0.278 e. The highest BCUT2D eigenvalue weighted by atomic mass is 32.2. The summed E-state index contributed by atoms with van der Waals surface area (Å²) in [6.07, 6.45) is 6.23. The van der Waals surface area contributed by atoms with Crippen LogP contribution in [-0.4, -0.2) is 48.5 Å². The van der Waals surface area contributed by atoms with E-state index in [4.69, 9.17) is 0 Å². The molecule has 0 atom stereocenters. The van der Waals surface area contributed by atoms with Crippen LogP contribution in [0.5, 0.6) is 0 Å². The van der Waals surface area contributed by atoms with Crippen molar-refractivity contribution in [3.05, 3.63) is 81.4 Å². The molecule has 0 radical (unpaired) electrons. The lowest BCUT2D eigenvalue weighted by atomic mass is 9.54. The lowest BCUT2D eigenvalue weighted by molar-refractivity contribution is -0.136. The van der Waals surface area contributed by atoms with E-state index in [0.29, 0.717) is 16.5 Å². The van der Waals surface area contributed by atoms with Crippen LogP contribution in [0.4, 0.5) is 0 Å². The molecule has 0 saturated heterocycles. The first-order valence-corrected chi connectivity index (χ1v) is 12.2. The number of rotatable bonds is 6. The standard InChI is InChI=1S/C26H28N2O2S/c1-27(22-23(31-3)25(30)28(2)24(22)29)16-8-14-26-15-13-17(18-9-4-6-11-20(18)26)19-10-5-7-12-21(19)26/h4-7,9-12,17H,8,13-16H2,1-3H3. The number of likely N-dealkylation sites (N-methyl/N-ethyl adjacent to an activating group) is 2. The first-order chi connectivity index (χ1) is 15.0. The average molecular weight is 433 g/mol. The van der Waals surface area contributed by atoms with Gasteiger partial charge < -0.3 is 4.90 Å². The van der Waals surface area contributed by atoms with E-state index >= 15 is 0 Å². The van der Waals surface area contributed by atoms with Crippen LogP contribution < -0.4 is 0 Å². The fraction of sp³-hybridized carbons (Fsp3) is 0.385. The number of thioether (sulfide) groups is 1. The van der Waals surface area contributed by atoms with Crippen LogP contribution in [0.1, 0.15) is 53.9 Å². The zero-order valence-electron chi connectivity index (χ0n) is 18.4. The summed E-state index contributed by atoms with van der Waals surface area (Å²) in [6, 6.07) is 17.9. The Hall–Kier alpha value is -2.53. The predicted octanol–water partition coefficient (Wildman–Crippen LogP) is 4.50. The summed E-state index contributed by atoms with van der Waals surface area (Å²) in [5.41, 5.74) is 6.56. The largest absolute Gasteiger partial charge is 0.369 e. The molecular weight excluding hydrogens is 404 g/mol. The summed E-state index contributed by atoms with van der Waals surface area (Å²) in [6.45, 7) is 0.752. The molecule has 0 N–H and O–H groups in total. The van der Waals surface area contributed by atoms with Gasteiger partial charge in [-0.2, -0.15) is 0 Å². The number of hydrogen-bond acceptors (Lipinski definition) is 4. The molecule has 2 amide bonds. The van der Waals surface area contributed by atoms with Crippen LogP contribution >= 0.6 is 11.8 Å². The number of fused-ring (bicyclic) bond motifs is 1. The van der Waals surface area contributed by atoms with Crippen LogP contribution in [0.2, 0.25) is 0 Å². The van der Waals surface area contributed by atoms with Gasteiger partial charge in [0.05, 0.1) is 0 Å². The lowest BCUT2D eigenvalue weighted by Crippen LogP contribution is -2.40. The van der Waals surface area contributed by atoms with Gasteiger partial charge in [-0.05, 0) is 54.2 Å². The first kappa shape index (κ1) is 20.4. The quantitative estimate of drug-likeness (QED) is 0.631. The van der Waals surface area contributed by atoms with Gasteiger partial charge in [0.1, 0.15) is 10.6 Å². The third-order valence-corrected chi connectivity index (χ3v) is 8.24. The van der Waals surface area contributed by atoms with Gasteiger partial charge in [-0.15, -0.1) is 11.8 Å². The molecule has 1 heterocycles. The molecule has 4 aliphatic rings. The van der Waals surface area contributed by atoms with E-state index in [0.717, 1.165) is 19.4 Å². The van der Waals surface area contributed by atoms with Crippen molar-refractivity contribution in [2.24, 2.45) is 0 Å². The number of amides is 2. The van der Waals surface area contributed by atoms with Crippen molar-refractivity contribution in [1.29, 1.82) is 0 Å². The highest BCUT2D eigenvalue weighted by Crippen LogP contribution is 2.58. The number of hydrogen-bond donors (Lipinski definition) is 0. The molecule has 5 heteroatoms. The van der Waals surface area contributed by atoms with E-state index < -0.39 is 0 Å². The maximum Gasteiger partial charge on any atom is 0.278 e. The number of benzene rings is 2. The zero-order chi connectivity index (χ0) is 21.8. The third kappa shape index (κ3) is 2.89. The summed E-state index contributed by atoms with van der Waals surface area (Å²) in [5.74, 6) is 0.138. The molecule has 6 rings (SSSR count). The van der Waals surface area contributed by atoms with Crippen molar-refractivity contribution in [1.82, 2.24) is 9.80 Å². The Balaban J connectivity index is 1.42. The maximum absolute atomic E-state index is 12.6. The molecule has 0 fully saturated rings. The van der Waals surface area contributed by atoms with Gasteiger partial charge in [-0.25, -0.2) is 0 Å². The SMILES string of the molecule is CSC1=C(N(C)CCCC23CCC(c4ccccc42)c2ccccc23)C(=O)N(C)C1=O. The number of carbonyl (C=O) groups excluding carboxylic acids is 2. The van der Waals surface area contributed by atoms with E-state index in [9.17, 15) is 9.59 Å². The minimum atomic E-state index is -0.191. The molecule has 0 unspecified atom stereocenters. The molecule has 2 bridgehead atoms. The van der Waals surface area contributed by atoms with Crippen LogP contribution in [0, 0.1) is 0 Å². The lowest BCUT2D eigenvalue weighted by Gasteiger charge is -2.50. The van der Waals surface area contributed by atoms with E-state index in [1.807, 2.05) is 18.2 Å². The van der Waals surface area contributed by atoms with Gasteiger partial charge in [-0.3, -0.25) is 14.5 Å². The second-order valence-corrected chi connectivity index (χ2v) is 9.74. The molecule has 0 aromatic heterocycles. The number of nitrogens with zero attached hydrogens (tertiary/aromatic N) is 2. The van der Waals surface area contributed by atoms with Crippen LogP contribution in [0.15, 0.2) is 59.1 Å². The van der Waals surface area contributed by atoms with Gasteiger partial charge >= 0.3 is 0 Å². The second kappa shape index (κ2) is 7.56. The Labute approximate surface area is 188 Å². The van der Waals surface area contributed by atoms with Crippen LogP contribution in [0.25, 0.3) is 0 Å². The normalized spacial score (nSPS) is 24.0. The molecule has 1 aliphatic heterocycles. The Bertz CT molecular complexity index is 1060. The number of imide groups is 1. The van der Waals surface area contributed by atoms with Gasteiger partial charge in [0.2, 0.25) is 0 Å². The van der Waals surface area contributed by atoms with E-state index in [-0.39, 0.29) is 17.2 Å². The highest BCUT2D eigenvalue weighted by Gasteiger charge is 2.47. The van der Waals surface area contributed by atoms with Crippen molar-refractivity contribution in [3.63, 3.8) is 0 Å². The Kier molecular flexibility index (Phi) is 4.97. The summed E-state index contributed by atoms with van der Waals surface area (Å²) in [7, 11) is 3.50. The molecule has 2 aromatic carbocycles. The minimum Gasteiger partial charge on any atom is -0.369 e. The van der Waals surface area contributed by atoms with E-state index in [1.165, 1.54) is 51.8 Å². The Morgan fingerprint density at radius 2 is 1.65 bits per heavy atom. The summed E-state index contributed by atoms with van der Waals surface area (Å²) >= 11 is 1.36. The minimum absolute atomic E-state index is 0.0474. The number of carbonyl (C=O) groups is 2. The molecule has 0 saturated carbocycles. The van der Waals surface area contributed by atoms with Crippen LogP contribution in [-0.2, 0) is 15.0 Å². The topological polar surface area (TPSA) is 40.6 Å². The Morgan fingerprint density at radius 3 is 2.26 bits per heavy atom. The summed E-state index contributed by atoms with van der Waals surface area (Å²) < 4.78 is 0. The monoisotopic (exact) mass is 432 g/mol. The van der Waals surface area contributed by atoms with Gasteiger partial charge in [0.25, 0.3) is 11.8 Å². The fourth-order valence-electron chi connectivity index (χ4n) is 6.00. The molecular formula is C26H28N2O2S. The van der Waals surface area contributed by atoms with Crippen molar-refractivity contribution < 1.29 is 9.59 Å². The highest BCUT2D eigenvalue weighted by molar-refractivity contribution is 8.03. The zero-order valence-corrected chi connectivity index (χ0v) is 19.2. The summed E-state index contributed by atoms with van der Waals surface area (Å²) in [4.78, 5) is 28.8. The van der Waals surface area contributed by atoms with Crippen molar-refractivity contribution in [2.75, 3.05) is 26.9 Å². The maximum atomic E-state index is 12.6. The molecule has 160 valence electrons. The molecule has 4 nitrogen and oxygen atoms in total. The average Bonchev–Trinajstić information content (AvgIpc) is 3.03. The molecule has 0 spiro atoms. The van der Waals surface area contributed by atoms with Crippen molar-refractivity contribution in [3.8, 4) is 0 Å². The molecule has 2 aromatic rings. The fourth-order valence-corrected chi connectivity index (χ4v) is 6.75. The van der Waals surface area contributed by atoms with E-state index in [1.54, 1.807) is 7.05 Å².